The minimum Gasteiger partial charge on any atom is -0.492 e. The number of rotatable bonds is 8. The molecular formula is C19H21N5O2. The van der Waals surface area contributed by atoms with Gasteiger partial charge in [-0.15, -0.1) is 0 Å². The number of benzene rings is 1. The number of nitrogens with two attached hydrogens (primary N) is 2. The van der Waals surface area contributed by atoms with Gasteiger partial charge in [0.25, 0.3) is 0 Å². The van der Waals surface area contributed by atoms with Crippen molar-refractivity contribution in [3.63, 3.8) is 0 Å². The zero-order chi connectivity index (χ0) is 18.8. The number of carbonyl (C=O) groups excluding carboxylic acids is 1. The number of pyridine rings is 1. The Morgan fingerprint density at radius 1 is 1.27 bits per heavy atom. The van der Waals surface area contributed by atoms with E-state index in [1.54, 1.807) is 48.8 Å². The molecule has 0 aliphatic rings. The van der Waals surface area contributed by atoms with E-state index in [1.165, 1.54) is 12.3 Å². The molecule has 7 heteroatoms. The van der Waals surface area contributed by atoms with Gasteiger partial charge in [0.2, 0.25) is 5.91 Å². The van der Waals surface area contributed by atoms with Gasteiger partial charge in [-0.05, 0) is 42.0 Å². The number of aromatic nitrogens is 1. The highest BCUT2D eigenvalue weighted by Gasteiger charge is 2.04. The molecular weight excluding hydrogens is 330 g/mol. The standard InChI is InChI=1S/C19H21N5O2/c20-8-10-26-17-4-2-16(3-5-17)24-19(25)6-1-14-13-23-9-7-18(14)15(11-21)12-22/h1-7,9,11-13,21H,8,10,20,22H2,(H,24,25)/b6-1+,15-12?,21-11?. The third kappa shape index (κ3) is 5.29. The van der Waals surface area contributed by atoms with E-state index >= 15 is 0 Å². The van der Waals surface area contributed by atoms with Crippen molar-refractivity contribution < 1.29 is 9.53 Å². The van der Waals surface area contributed by atoms with E-state index in [4.69, 9.17) is 21.6 Å². The summed E-state index contributed by atoms with van der Waals surface area (Å²) in [6.45, 7) is 0.884. The minimum absolute atomic E-state index is 0.288. The molecule has 0 atom stereocenters. The average Bonchev–Trinajstić information content (AvgIpc) is 2.67. The van der Waals surface area contributed by atoms with Crippen LogP contribution in [0.15, 0.2) is 55.0 Å². The van der Waals surface area contributed by atoms with Gasteiger partial charge in [-0.2, -0.15) is 0 Å². The number of hydrogen-bond donors (Lipinski definition) is 4. The monoisotopic (exact) mass is 351 g/mol. The zero-order valence-electron chi connectivity index (χ0n) is 14.2. The maximum Gasteiger partial charge on any atom is 0.248 e. The van der Waals surface area contributed by atoms with E-state index < -0.39 is 0 Å². The van der Waals surface area contributed by atoms with Crippen LogP contribution >= 0.6 is 0 Å². The summed E-state index contributed by atoms with van der Waals surface area (Å²) < 4.78 is 5.38. The molecule has 0 unspecified atom stereocenters. The lowest BCUT2D eigenvalue weighted by atomic mass is 10.0. The van der Waals surface area contributed by atoms with E-state index in [-0.39, 0.29) is 5.91 Å². The smallest absolute Gasteiger partial charge is 0.248 e. The highest BCUT2D eigenvalue weighted by Crippen LogP contribution is 2.18. The van der Waals surface area contributed by atoms with Gasteiger partial charge in [0, 0.05) is 54.3 Å². The molecule has 0 fully saturated rings. The van der Waals surface area contributed by atoms with Crippen LogP contribution in [-0.4, -0.2) is 30.3 Å². The maximum atomic E-state index is 12.1. The van der Waals surface area contributed by atoms with E-state index in [1.807, 2.05) is 0 Å². The Labute approximate surface area is 151 Å². The molecule has 7 nitrogen and oxygen atoms in total. The third-order valence-corrected chi connectivity index (χ3v) is 3.42. The molecule has 0 spiro atoms. The minimum atomic E-state index is -0.288. The molecule has 0 radical (unpaired) electrons. The largest absolute Gasteiger partial charge is 0.492 e. The van der Waals surface area contributed by atoms with Crippen molar-refractivity contribution in [1.82, 2.24) is 4.98 Å². The number of hydrogen-bond acceptors (Lipinski definition) is 6. The topological polar surface area (TPSA) is 127 Å². The molecule has 0 aliphatic heterocycles. The molecule has 0 saturated heterocycles. The molecule has 1 amide bonds. The van der Waals surface area contributed by atoms with E-state index in [0.29, 0.717) is 35.7 Å². The van der Waals surface area contributed by atoms with Crippen molar-refractivity contribution in [2.45, 2.75) is 0 Å². The highest BCUT2D eigenvalue weighted by atomic mass is 16.5. The molecule has 0 bridgehead atoms. The fourth-order valence-corrected chi connectivity index (χ4v) is 2.18. The Morgan fingerprint density at radius 3 is 2.69 bits per heavy atom. The van der Waals surface area contributed by atoms with Crippen molar-refractivity contribution in [2.75, 3.05) is 18.5 Å². The van der Waals surface area contributed by atoms with Crippen LogP contribution in [0, 0.1) is 5.41 Å². The maximum absolute atomic E-state index is 12.1. The van der Waals surface area contributed by atoms with E-state index in [2.05, 4.69) is 10.3 Å². The average molecular weight is 351 g/mol. The first-order valence-electron chi connectivity index (χ1n) is 7.96. The van der Waals surface area contributed by atoms with Crippen molar-refractivity contribution >= 4 is 29.5 Å². The lowest BCUT2D eigenvalue weighted by molar-refractivity contribution is -0.111. The predicted molar refractivity (Wildman–Crippen MR) is 104 cm³/mol. The molecule has 1 aromatic carbocycles. The lowest BCUT2D eigenvalue weighted by Gasteiger charge is -2.07. The van der Waals surface area contributed by atoms with Crippen LogP contribution in [0.25, 0.3) is 11.6 Å². The second kappa shape index (κ2) is 9.75. The van der Waals surface area contributed by atoms with Gasteiger partial charge in [0.05, 0.1) is 0 Å². The predicted octanol–water partition coefficient (Wildman–Crippen LogP) is 2.02. The fraction of sp³-hybridized carbons (Fsp3) is 0.105. The fourth-order valence-electron chi connectivity index (χ4n) is 2.18. The van der Waals surface area contributed by atoms with E-state index in [0.717, 1.165) is 11.8 Å². The normalized spacial score (nSPS) is 11.3. The van der Waals surface area contributed by atoms with Gasteiger partial charge in [-0.25, -0.2) is 0 Å². The zero-order valence-corrected chi connectivity index (χ0v) is 14.2. The molecule has 1 heterocycles. The van der Waals surface area contributed by atoms with Gasteiger partial charge in [0.1, 0.15) is 12.4 Å². The van der Waals surface area contributed by atoms with Crippen molar-refractivity contribution in [3.8, 4) is 5.75 Å². The Balaban J connectivity index is 2.05. The Kier molecular flexibility index (Phi) is 7.08. The number of ether oxygens (including phenoxy) is 1. The summed E-state index contributed by atoms with van der Waals surface area (Å²) in [4.78, 5) is 16.2. The summed E-state index contributed by atoms with van der Waals surface area (Å²) in [5.41, 5.74) is 13.5. The quantitative estimate of drug-likeness (QED) is 0.427. The van der Waals surface area contributed by atoms with Gasteiger partial charge in [0.15, 0.2) is 0 Å². The summed E-state index contributed by atoms with van der Waals surface area (Å²) >= 11 is 0. The number of amides is 1. The van der Waals surface area contributed by atoms with Crippen LogP contribution in [0.1, 0.15) is 11.1 Å². The van der Waals surface area contributed by atoms with Gasteiger partial charge < -0.3 is 26.9 Å². The molecule has 26 heavy (non-hydrogen) atoms. The summed E-state index contributed by atoms with van der Waals surface area (Å²) in [6.07, 6.45) is 8.74. The van der Waals surface area contributed by atoms with Crippen LogP contribution in [0.3, 0.4) is 0 Å². The molecule has 0 saturated carbocycles. The van der Waals surface area contributed by atoms with Gasteiger partial charge >= 0.3 is 0 Å². The number of allylic oxidation sites excluding steroid dienone is 1. The molecule has 2 rings (SSSR count). The first kappa shape index (κ1) is 18.9. The van der Waals surface area contributed by atoms with Crippen LogP contribution in [0.4, 0.5) is 5.69 Å². The first-order valence-corrected chi connectivity index (χ1v) is 7.96. The van der Waals surface area contributed by atoms with Crippen molar-refractivity contribution in [2.24, 2.45) is 11.5 Å². The number of carbonyl (C=O) groups is 1. The lowest BCUT2D eigenvalue weighted by Crippen LogP contribution is -2.11. The van der Waals surface area contributed by atoms with Crippen LogP contribution in [0.5, 0.6) is 5.75 Å². The number of nitrogens with one attached hydrogen (secondary N) is 2. The SMILES string of the molecule is N=CC(=CN)c1ccncc1/C=C/C(=O)Nc1ccc(OCCN)cc1. The summed E-state index contributed by atoms with van der Waals surface area (Å²) in [5, 5.41) is 10.2. The second-order valence-electron chi connectivity index (χ2n) is 5.21. The van der Waals surface area contributed by atoms with E-state index in [9.17, 15) is 4.79 Å². The van der Waals surface area contributed by atoms with Crippen LogP contribution in [0.2, 0.25) is 0 Å². The molecule has 6 N–H and O–H groups in total. The molecule has 134 valence electrons. The summed E-state index contributed by atoms with van der Waals surface area (Å²) in [5.74, 6) is 0.403. The number of nitrogens with zero attached hydrogens (tertiary/aromatic N) is 1. The Hall–Kier alpha value is -3.45. The molecule has 1 aromatic heterocycles. The summed E-state index contributed by atoms with van der Waals surface area (Å²) in [6, 6.07) is 8.75. The Morgan fingerprint density at radius 2 is 2.04 bits per heavy atom. The van der Waals surface area contributed by atoms with Crippen LogP contribution < -0.4 is 21.5 Å². The van der Waals surface area contributed by atoms with Crippen molar-refractivity contribution in [1.29, 1.82) is 5.41 Å². The second-order valence-corrected chi connectivity index (χ2v) is 5.21. The van der Waals surface area contributed by atoms with Gasteiger partial charge in [-0.3, -0.25) is 9.78 Å². The third-order valence-electron chi connectivity index (χ3n) is 3.42. The Bertz CT molecular complexity index is 813. The number of anilines is 1. The van der Waals surface area contributed by atoms with Crippen LogP contribution in [-0.2, 0) is 4.79 Å². The molecule has 2 aromatic rings. The highest BCUT2D eigenvalue weighted by molar-refractivity contribution is 6.10. The van der Waals surface area contributed by atoms with Gasteiger partial charge in [-0.1, -0.05) is 0 Å². The first-order chi connectivity index (χ1) is 12.7. The summed E-state index contributed by atoms with van der Waals surface area (Å²) in [7, 11) is 0. The molecule has 0 aliphatic carbocycles. The van der Waals surface area contributed by atoms with Crippen molar-refractivity contribution in [3.05, 3.63) is 66.1 Å².